The van der Waals surface area contributed by atoms with Gasteiger partial charge in [0, 0.05) is 42.7 Å². The van der Waals surface area contributed by atoms with Gasteiger partial charge in [-0.2, -0.15) is 0 Å². The van der Waals surface area contributed by atoms with Crippen LogP contribution >= 0.6 is 0 Å². The van der Waals surface area contributed by atoms with Crippen LogP contribution in [-0.4, -0.2) is 21.8 Å². The first-order valence-corrected chi connectivity index (χ1v) is 12.1. The molecule has 2 N–H and O–H groups in total. The monoisotopic (exact) mass is 474 g/mol. The molecule has 0 atom stereocenters. The van der Waals surface area contributed by atoms with E-state index in [1.54, 1.807) is 6.07 Å². The summed E-state index contributed by atoms with van der Waals surface area (Å²) in [5, 5.41) is 22.1. The number of carbonyl (C=O) groups is 2. The fourth-order valence-corrected chi connectivity index (χ4v) is 5.26. The third-order valence-corrected chi connectivity index (χ3v) is 6.81. The molecule has 5 nitrogen and oxygen atoms in total. The van der Waals surface area contributed by atoms with E-state index in [0.717, 1.165) is 5.56 Å². The molecule has 0 fully saturated rings. The van der Waals surface area contributed by atoms with Gasteiger partial charge in [0.2, 0.25) is 0 Å². The summed E-state index contributed by atoms with van der Waals surface area (Å²) in [6, 6.07) is 17.0. The summed E-state index contributed by atoms with van der Waals surface area (Å²) in [5.41, 5.74) is 1.33. The smallest absolute Gasteiger partial charge is 0.163 e. The Kier molecular flexibility index (Phi) is 6.63. The Morgan fingerprint density at radius 3 is 1.83 bits per heavy atom. The third-order valence-electron chi connectivity index (χ3n) is 6.81. The lowest BCUT2D eigenvalue weighted by molar-refractivity contribution is -0.119. The predicted octanol–water partition coefficient (Wildman–Crippen LogP) is 6.75. The van der Waals surface area contributed by atoms with Crippen LogP contribution in [0.25, 0.3) is 0 Å². The summed E-state index contributed by atoms with van der Waals surface area (Å²) < 4.78 is 6.00. The topological polar surface area (TPSA) is 83.8 Å². The largest absolute Gasteiger partial charge is 0.512 e. The van der Waals surface area contributed by atoms with Crippen molar-refractivity contribution in [3.05, 3.63) is 88.4 Å². The van der Waals surface area contributed by atoms with Gasteiger partial charge in [-0.25, -0.2) is 0 Å². The third kappa shape index (κ3) is 5.50. The van der Waals surface area contributed by atoms with Crippen molar-refractivity contribution < 1.29 is 24.5 Å². The molecule has 4 rings (SSSR count). The van der Waals surface area contributed by atoms with Crippen LogP contribution in [0.4, 0.5) is 0 Å². The molecule has 0 heterocycles. The second kappa shape index (κ2) is 9.37. The minimum absolute atomic E-state index is 0.00945. The van der Waals surface area contributed by atoms with Gasteiger partial charge in [-0.1, -0.05) is 70.2 Å². The van der Waals surface area contributed by atoms with Crippen molar-refractivity contribution in [2.75, 3.05) is 0 Å². The second-order valence-corrected chi connectivity index (χ2v) is 11.4. The summed E-state index contributed by atoms with van der Waals surface area (Å²) in [4.78, 5) is 26.7. The molecule has 2 aromatic carbocycles. The summed E-state index contributed by atoms with van der Waals surface area (Å²) in [6.45, 7) is 8.13. The highest BCUT2D eigenvalue weighted by Crippen LogP contribution is 2.48. The molecule has 0 saturated heterocycles. The number of ether oxygens (including phenoxy) is 1. The molecule has 0 aliphatic heterocycles. The number of hydrogen-bond donors (Lipinski definition) is 2. The predicted molar refractivity (Wildman–Crippen MR) is 135 cm³/mol. The Balaban J connectivity index is 1.79. The van der Waals surface area contributed by atoms with Gasteiger partial charge in [0.15, 0.2) is 11.6 Å². The Bertz CT molecular complexity index is 1150. The van der Waals surface area contributed by atoms with Crippen molar-refractivity contribution >= 4 is 11.6 Å². The van der Waals surface area contributed by atoms with E-state index in [-0.39, 0.29) is 57.9 Å². The molecule has 0 amide bonds. The minimum atomic E-state index is -0.845. The maximum absolute atomic E-state index is 13.3. The van der Waals surface area contributed by atoms with Crippen molar-refractivity contribution in [2.24, 2.45) is 10.8 Å². The van der Waals surface area contributed by atoms with Crippen LogP contribution in [0.3, 0.4) is 0 Å². The quantitative estimate of drug-likeness (QED) is 0.484. The molecule has 0 saturated carbocycles. The van der Waals surface area contributed by atoms with Crippen LogP contribution in [-0.2, 0) is 16.2 Å². The van der Waals surface area contributed by atoms with Crippen LogP contribution in [0.2, 0.25) is 0 Å². The molecule has 0 spiro atoms. The molecule has 2 aliphatic rings. The van der Waals surface area contributed by atoms with Gasteiger partial charge in [0.05, 0.1) is 0 Å². The van der Waals surface area contributed by atoms with Gasteiger partial charge in [0.25, 0.3) is 0 Å². The van der Waals surface area contributed by atoms with Crippen LogP contribution in [0.15, 0.2) is 77.3 Å². The standard InChI is InChI=1S/C30H34O5/c1-29(2)14-22(31)27(23(32)15-29)26(28-24(33)16-30(3,4)17-25(28)34)20-11-8-12-21(13-20)35-18-19-9-6-5-7-10-19/h5-13,26,31,33H,14-18H2,1-4H3. The number of hydrogen-bond acceptors (Lipinski definition) is 5. The molecule has 5 heteroatoms. The fraction of sp³-hybridized carbons (Fsp3) is 0.400. The number of Topliss-reactive ketones (excluding diaryl/α,β-unsaturated/α-hetero) is 2. The lowest BCUT2D eigenvalue weighted by Gasteiger charge is -2.36. The number of ketones is 2. The number of benzene rings is 2. The normalized spacial score (nSPS) is 19.9. The highest BCUT2D eigenvalue weighted by Gasteiger charge is 2.43. The maximum atomic E-state index is 13.3. The first-order chi connectivity index (χ1) is 16.5. The van der Waals surface area contributed by atoms with Gasteiger partial charge in [-0.05, 0) is 34.1 Å². The fourth-order valence-electron chi connectivity index (χ4n) is 5.26. The van der Waals surface area contributed by atoms with E-state index in [9.17, 15) is 19.8 Å². The number of carbonyl (C=O) groups excluding carboxylic acids is 2. The SMILES string of the molecule is CC1(C)CC(=O)C(C(C2=C(O)CC(C)(C)CC2=O)c2cccc(OCc3ccccc3)c2)=C(O)C1. The highest BCUT2D eigenvalue weighted by molar-refractivity contribution is 6.05. The Hall–Kier alpha value is -3.34. The number of rotatable bonds is 6. The van der Waals surface area contributed by atoms with Crippen molar-refractivity contribution in [1.82, 2.24) is 0 Å². The minimum Gasteiger partial charge on any atom is -0.512 e. The highest BCUT2D eigenvalue weighted by atomic mass is 16.5. The van der Waals surface area contributed by atoms with Gasteiger partial charge in [-0.3, -0.25) is 9.59 Å². The first-order valence-electron chi connectivity index (χ1n) is 12.1. The van der Waals surface area contributed by atoms with Crippen LogP contribution in [0.5, 0.6) is 5.75 Å². The molecular weight excluding hydrogens is 440 g/mol. The van der Waals surface area contributed by atoms with Gasteiger partial charge < -0.3 is 14.9 Å². The van der Waals surface area contributed by atoms with E-state index in [2.05, 4.69) is 0 Å². The van der Waals surface area contributed by atoms with E-state index < -0.39 is 5.92 Å². The van der Waals surface area contributed by atoms with Crippen molar-refractivity contribution in [3.63, 3.8) is 0 Å². The molecule has 0 aromatic heterocycles. The Labute approximate surface area is 207 Å². The van der Waals surface area contributed by atoms with E-state index in [1.807, 2.05) is 76.2 Å². The second-order valence-electron chi connectivity index (χ2n) is 11.4. The van der Waals surface area contributed by atoms with Crippen molar-refractivity contribution in [3.8, 4) is 5.75 Å². The van der Waals surface area contributed by atoms with Gasteiger partial charge in [0.1, 0.15) is 23.9 Å². The Morgan fingerprint density at radius 1 is 0.771 bits per heavy atom. The average Bonchev–Trinajstić information content (AvgIpc) is 2.75. The number of allylic oxidation sites excluding steroid dienone is 4. The summed E-state index contributed by atoms with van der Waals surface area (Å²) in [5.74, 6) is -0.671. The summed E-state index contributed by atoms with van der Waals surface area (Å²) in [6.07, 6.45) is 1.20. The Morgan fingerprint density at radius 2 is 1.31 bits per heavy atom. The molecule has 0 unspecified atom stereocenters. The zero-order chi connectivity index (χ0) is 25.4. The number of aliphatic hydroxyl groups is 2. The first kappa shape index (κ1) is 24.8. The van der Waals surface area contributed by atoms with Crippen LogP contribution in [0.1, 0.15) is 70.4 Å². The molecule has 0 bridgehead atoms. The average molecular weight is 475 g/mol. The van der Waals surface area contributed by atoms with Crippen LogP contribution < -0.4 is 4.74 Å². The van der Waals surface area contributed by atoms with E-state index in [1.165, 1.54) is 0 Å². The molecule has 2 aliphatic carbocycles. The maximum Gasteiger partial charge on any atom is 0.163 e. The zero-order valence-electron chi connectivity index (χ0n) is 20.9. The van der Waals surface area contributed by atoms with Crippen LogP contribution in [0, 0.1) is 10.8 Å². The molecule has 35 heavy (non-hydrogen) atoms. The zero-order valence-corrected chi connectivity index (χ0v) is 20.9. The van der Waals surface area contributed by atoms with Gasteiger partial charge >= 0.3 is 0 Å². The molecule has 0 radical (unpaired) electrons. The van der Waals surface area contributed by atoms with Gasteiger partial charge in [-0.15, -0.1) is 0 Å². The summed E-state index contributed by atoms with van der Waals surface area (Å²) >= 11 is 0. The number of aliphatic hydroxyl groups excluding tert-OH is 2. The molecular formula is C30H34O5. The van der Waals surface area contributed by atoms with E-state index in [4.69, 9.17) is 4.74 Å². The molecule has 2 aromatic rings. The summed E-state index contributed by atoms with van der Waals surface area (Å²) in [7, 11) is 0. The molecule has 184 valence electrons. The van der Waals surface area contributed by atoms with Crippen molar-refractivity contribution in [2.45, 2.75) is 65.9 Å². The lowest BCUT2D eigenvalue weighted by atomic mass is 9.67. The van der Waals surface area contributed by atoms with E-state index in [0.29, 0.717) is 30.8 Å². The lowest BCUT2D eigenvalue weighted by Crippen LogP contribution is -2.33. The van der Waals surface area contributed by atoms with E-state index >= 15 is 0 Å². The van der Waals surface area contributed by atoms with Crippen molar-refractivity contribution in [1.29, 1.82) is 0 Å².